The van der Waals surface area contributed by atoms with Crippen molar-refractivity contribution in [2.24, 2.45) is 0 Å². The van der Waals surface area contributed by atoms with E-state index in [4.69, 9.17) is 4.74 Å². The Bertz CT molecular complexity index is 488. The third kappa shape index (κ3) is 2.71. The number of aliphatic hydroxyl groups is 1. The van der Waals surface area contributed by atoms with Crippen LogP contribution in [-0.2, 0) is 4.74 Å². The Morgan fingerprint density at radius 3 is 1.85 bits per heavy atom. The van der Waals surface area contributed by atoms with Crippen molar-refractivity contribution < 1.29 is 31.8 Å². The molecule has 3 nitrogen and oxygen atoms in total. The van der Waals surface area contributed by atoms with E-state index < -0.39 is 40.4 Å². The predicted octanol–water partition coefficient (Wildman–Crippen LogP) is 2.34. The van der Waals surface area contributed by atoms with Gasteiger partial charge in [0, 0.05) is 32.6 Å². The van der Waals surface area contributed by atoms with Crippen LogP contribution in [0.3, 0.4) is 0 Å². The fourth-order valence-electron chi connectivity index (χ4n) is 1.94. The van der Waals surface area contributed by atoms with E-state index in [-0.39, 0.29) is 32.6 Å². The topological polar surface area (TPSA) is 41.5 Å². The molecule has 1 aromatic rings. The van der Waals surface area contributed by atoms with Crippen LogP contribution >= 0.6 is 0 Å². The summed E-state index contributed by atoms with van der Waals surface area (Å²) in [4.78, 5) is 0. The van der Waals surface area contributed by atoms with Gasteiger partial charge in [0.05, 0.1) is 5.60 Å². The van der Waals surface area contributed by atoms with Crippen molar-refractivity contribution >= 4 is 5.69 Å². The fraction of sp³-hybridized carbons (Fsp3) is 0.500. The lowest BCUT2D eigenvalue weighted by atomic mass is 9.94. The molecular weight excluding hydrogens is 285 g/mol. The standard InChI is InChI=1S/C12H12F5NO2/c13-6-7(14)9(16)11(10(17)8(6)15)18-5-12(19)1-3-20-4-2-12/h18-19H,1-5H2. The number of hydrogen-bond acceptors (Lipinski definition) is 3. The minimum atomic E-state index is -2.21. The van der Waals surface area contributed by atoms with Gasteiger partial charge in [0.2, 0.25) is 5.82 Å². The van der Waals surface area contributed by atoms with Crippen LogP contribution in [0.1, 0.15) is 12.8 Å². The van der Waals surface area contributed by atoms with Crippen LogP contribution in [0.25, 0.3) is 0 Å². The van der Waals surface area contributed by atoms with Crippen molar-refractivity contribution in [3.63, 3.8) is 0 Å². The van der Waals surface area contributed by atoms with E-state index in [1.165, 1.54) is 0 Å². The molecule has 1 fully saturated rings. The van der Waals surface area contributed by atoms with Crippen LogP contribution in [0.5, 0.6) is 0 Å². The van der Waals surface area contributed by atoms with Gasteiger partial charge >= 0.3 is 0 Å². The van der Waals surface area contributed by atoms with E-state index in [0.717, 1.165) is 0 Å². The Morgan fingerprint density at radius 2 is 1.35 bits per heavy atom. The lowest BCUT2D eigenvalue weighted by molar-refractivity contribution is -0.0544. The highest BCUT2D eigenvalue weighted by molar-refractivity contribution is 5.48. The monoisotopic (exact) mass is 297 g/mol. The summed E-state index contributed by atoms with van der Waals surface area (Å²) >= 11 is 0. The second kappa shape index (κ2) is 5.53. The number of rotatable bonds is 3. The molecule has 1 aromatic carbocycles. The minimum Gasteiger partial charge on any atom is -0.388 e. The molecule has 112 valence electrons. The highest BCUT2D eigenvalue weighted by atomic mass is 19.2. The van der Waals surface area contributed by atoms with Gasteiger partial charge in [-0.1, -0.05) is 0 Å². The summed E-state index contributed by atoms with van der Waals surface area (Å²) in [5.41, 5.74) is -2.44. The molecule has 0 unspecified atom stereocenters. The Labute approximate surface area is 111 Å². The predicted molar refractivity (Wildman–Crippen MR) is 59.7 cm³/mol. The van der Waals surface area contributed by atoms with Crippen molar-refractivity contribution in [3.05, 3.63) is 29.1 Å². The Balaban J connectivity index is 2.21. The van der Waals surface area contributed by atoms with Crippen molar-refractivity contribution in [1.82, 2.24) is 0 Å². The van der Waals surface area contributed by atoms with E-state index in [2.05, 4.69) is 5.32 Å². The number of ether oxygens (including phenoxy) is 1. The summed E-state index contributed by atoms with van der Waals surface area (Å²) in [5, 5.41) is 12.2. The van der Waals surface area contributed by atoms with E-state index in [1.807, 2.05) is 0 Å². The zero-order valence-electron chi connectivity index (χ0n) is 10.3. The average Bonchev–Trinajstić information content (AvgIpc) is 2.44. The first-order valence-corrected chi connectivity index (χ1v) is 5.91. The molecular formula is C12H12F5NO2. The molecule has 0 aromatic heterocycles. The molecule has 1 saturated heterocycles. The summed E-state index contributed by atoms with van der Waals surface area (Å²) in [6.07, 6.45) is 0.408. The number of nitrogens with one attached hydrogen (secondary N) is 1. The maximum absolute atomic E-state index is 13.4. The SMILES string of the molecule is OC1(CNc2c(F)c(F)c(F)c(F)c2F)CCOCC1. The molecule has 0 amide bonds. The molecule has 1 aliphatic rings. The molecule has 2 rings (SSSR count). The lowest BCUT2D eigenvalue weighted by Gasteiger charge is -2.32. The van der Waals surface area contributed by atoms with Gasteiger partial charge < -0.3 is 15.2 Å². The van der Waals surface area contributed by atoms with Gasteiger partial charge in [-0.15, -0.1) is 0 Å². The summed E-state index contributed by atoms with van der Waals surface area (Å²) in [7, 11) is 0. The maximum Gasteiger partial charge on any atom is 0.200 e. The number of benzene rings is 1. The van der Waals surface area contributed by atoms with Crippen LogP contribution < -0.4 is 5.32 Å². The van der Waals surface area contributed by atoms with Gasteiger partial charge in [-0.3, -0.25) is 0 Å². The number of anilines is 1. The van der Waals surface area contributed by atoms with Crippen LogP contribution in [0.15, 0.2) is 0 Å². The molecule has 0 radical (unpaired) electrons. The molecule has 2 N–H and O–H groups in total. The summed E-state index contributed by atoms with van der Waals surface area (Å²) in [6.45, 7) is 0.180. The average molecular weight is 297 g/mol. The molecule has 0 spiro atoms. The first-order valence-electron chi connectivity index (χ1n) is 5.91. The fourth-order valence-corrected chi connectivity index (χ4v) is 1.94. The number of halogens is 5. The van der Waals surface area contributed by atoms with E-state index in [1.54, 1.807) is 0 Å². The molecule has 1 aliphatic heterocycles. The highest BCUT2D eigenvalue weighted by Gasteiger charge is 2.32. The smallest absolute Gasteiger partial charge is 0.200 e. The van der Waals surface area contributed by atoms with Gasteiger partial charge in [-0.25, -0.2) is 22.0 Å². The Kier molecular flexibility index (Phi) is 4.14. The van der Waals surface area contributed by atoms with Gasteiger partial charge in [0.25, 0.3) is 0 Å². The first kappa shape index (κ1) is 15.0. The van der Waals surface area contributed by atoms with Crippen LogP contribution in [-0.4, -0.2) is 30.5 Å². The molecule has 0 saturated carbocycles. The normalized spacial score (nSPS) is 18.1. The van der Waals surface area contributed by atoms with Crippen molar-refractivity contribution in [2.75, 3.05) is 25.1 Å². The van der Waals surface area contributed by atoms with E-state index in [9.17, 15) is 27.1 Å². The van der Waals surface area contributed by atoms with Crippen LogP contribution in [0, 0.1) is 29.1 Å². The third-order valence-electron chi connectivity index (χ3n) is 3.23. The molecule has 20 heavy (non-hydrogen) atoms. The molecule has 0 aliphatic carbocycles. The summed E-state index contributed by atoms with van der Waals surface area (Å²) < 4.78 is 70.6. The Morgan fingerprint density at radius 1 is 0.900 bits per heavy atom. The van der Waals surface area contributed by atoms with Crippen LogP contribution in [0.4, 0.5) is 27.6 Å². The second-order valence-corrected chi connectivity index (χ2v) is 4.64. The van der Waals surface area contributed by atoms with Gasteiger partial charge in [0.15, 0.2) is 23.3 Å². The summed E-state index contributed by atoms with van der Waals surface area (Å²) in [5.74, 6) is -10.2. The molecule has 1 heterocycles. The zero-order valence-corrected chi connectivity index (χ0v) is 10.3. The zero-order chi connectivity index (χ0) is 14.9. The van der Waals surface area contributed by atoms with Gasteiger partial charge in [-0.05, 0) is 0 Å². The molecule has 0 bridgehead atoms. The van der Waals surface area contributed by atoms with E-state index in [0.29, 0.717) is 0 Å². The lowest BCUT2D eigenvalue weighted by Crippen LogP contribution is -2.42. The Hall–Kier alpha value is -1.41. The van der Waals surface area contributed by atoms with Crippen molar-refractivity contribution in [2.45, 2.75) is 18.4 Å². The van der Waals surface area contributed by atoms with E-state index >= 15 is 0 Å². The number of hydrogen-bond donors (Lipinski definition) is 2. The quantitative estimate of drug-likeness (QED) is 0.511. The summed E-state index contributed by atoms with van der Waals surface area (Å²) in [6, 6.07) is 0. The second-order valence-electron chi connectivity index (χ2n) is 4.64. The van der Waals surface area contributed by atoms with Crippen molar-refractivity contribution in [1.29, 1.82) is 0 Å². The maximum atomic E-state index is 13.4. The molecule has 8 heteroatoms. The third-order valence-corrected chi connectivity index (χ3v) is 3.23. The molecule has 0 atom stereocenters. The highest BCUT2D eigenvalue weighted by Crippen LogP contribution is 2.28. The largest absolute Gasteiger partial charge is 0.388 e. The first-order chi connectivity index (χ1) is 9.36. The minimum absolute atomic E-state index is 0.204. The van der Waals surface area contributed by atoms with Gasteiger partial charge in [-0.2, -0.15) is 0 Å². The van der Waals surface area contributed by atoms with Crippen LogP contribution in [0.2, 0.25) is 0 Å². The van der Waals surface area contributed by atoms with Gasteiger partial charge in [0.1, 0.15) is 5.69 Å². The van der Waals surface area contributed by atoms with Crippen molar-refractivity contribution in [3.8, 4) is 0 Å².